The van der Waals surface area contributed by atoms with Crippen LogP contribution in [0.3, 0.4) is 0 Å². The Balaban J connectivity index is 1.89. The molecule has 0 spiro atoms. The Hall–Kier alpha value is -2.25. The molecule has 7 heteroatoms. The lowest BCUT2D eigenvalue weighted by Crippen LogP contribution is -2.33. The molecule has 0 aliphatic heterocycles. The number of para-hydroxylation sites is 2. The molecule has 3 aromatic rings. The fourth-order valence-electron chi connectivity index (χ4n) is 2.51. The van der Waals surface area contributed by atoms with Crippen molar-refractivity contribution in [3.63, 3.8) is 0 Å². The zero-order chi connectivity index (χ0) is 14.7. The fraction of sp³-hybridized carbons (Fsp3) is 0.357. The monoisotopic (exact) mass is 285 g/mol. The molecule has 21 heavy (non-hydrogen) atoms. The molecule has 1 aromatic carbocycles. The molecule has 0 saturated carbocycles. The fourth-order valence-corrected chi connectivity index (χ4v) is 2.51. The lowest BCUT2D eigenvalue weighted by Gasteiger charge is -2.17. The predicted octanol–water partition coefficient (Wildman–Crippen LogP) is 1.24. The second-order valence-corrected chi connectivity index (χ2v) is 4.99. The van der Waals surface area contributed by atoms with E-state index in [4.69, 9.17) is 5.84 Å². The number of aryl methyl sites for hydroxylation is 1. The highest BCUT2D eigenvalue weighted by atomic mass is 15.4. The van der Waals surface area contributed by atoms with Crippen LogP contribution in [0.5, 0.6) is 0 Å². The van der Waals surface area contributed by atoms with E-state index in [9.17, 15) is 0 Å². The van der Waals surface area contributed by atoms with E-state index in [0.29, 0.717) is 6.54 Å². The first-order chi connectivity index (χ1) is 10.3. The van der Waals surface area contributed by atoms with Gasteiger partial charge in [-0.25, -0.2) is 15.1 Å². The Morgan fingerprint density at radius 2 is 2.19 bits per heavy atom. The van der Waals surface area contributed by atoms with Crippen molar-refractivity contribution in [2.24, 2.45) is 5.84 Å². The van der Waals surface area contributed by atoms with Crippen LogP contribution in [-0.2, 0) is 13.1 Å². The van der Waals surface area contributed by atoms with E-state index >= 15 is 0 Å². The van der Waals surface area contributed by atoms with Crippen LogP contribution >= 0.6 is 0 Å². The Morgan fingerprint density at radius 3 is 3.00 bits per heavy atom. The van der Waals surface area contributed by atoms with Gasteiger partial charge in [0.25, 0.3) is 0 Å². The quantitative estimate of drug-likeness (QED) is 0.525. The summed E-state index contributed by atoms with van der Waals surface area (Å²) in [6.07, 6.45) is 4.60. The van der Waals surface area contributed by atoms with Crippen LogP contribution in [0.2, 0.25) is 0 Å². The van der Waals surface area contributed by atoms with E-state index < -0.39 is 0 Å². The van der Waals surface area contributed by atoms with Gasteiger partial charge in [0.2, 0.25) is 0 Å². The van der Waals surface area contributed by atoms with Crippen molar-refractivity contribution in [2.45, 2.75) is 32.5 Å². The van der Waals surface area contributed by atoms with Gasteiger partial charge in [0.1, 0.15) is 0 Å². The molecule has 2 heterocycles. The first-order valence-corrected chi connectivity index (χ1v) is 7.08. The van der Waals surface area contributed by atoms with Crippen molar-refractivity contribution in [2.75, 3.05) is 0 Å². The SMILES string of the molecule is CCCn1nncc1C(Cn1cnc2ccccc21)NN. The first kappa shape index (κ1) is 13.7. The zero-order valence-electron chi connectivity index (χ0n) is 12.0. The molecule has 0 aliphatic carbocycles. The molecule has 0 radical (unpaired) electrons. The number of imidazole rings is 1. The maximum atomic E-state index is 5.74. The number of nitrogens with one attached hydrogen (secondary N) is 1. The number of nitrogens with two attached hydrogens (primary N) is 1. The number of hydrazine groups is 1. The first-order valence-electron chi connectivity index (χ1n) is 7.08. The maximum absolute atomic E-state index is 5.74. The van der Waals surface area contributed by atoms with Crippen molar-refractivity contribution in [1.29, 1.82) is 0 Å². The van der Waals surface area contributed by atoms with Crippen molar-refractivity contribution < 1.29 is 0 Å². The van der Waals surface area contributed by atoms with Crippen molar-refractivity contribution >= 4 is 11.0 Å². The van der Waals surface area contributed by atoms with Gasteiger partial charge in [-0.3, -0.25) is 5.84 Å². The van der Waals surface area contributed by atoms with Gasteiger partial charge in [0.15, 0.2) is 0 Å². The molecular formula is C14H19N7. The van der Waals surface area contributed by atoms with Crippen molar-refractivity contribution in [3.05, 3.63) is 42.5 Å². The van der Waals surface area contributed by atoms with Crippen molar-refractivity contribution in [1.82, 2.24) is 30.0 Å². The summed E-state index contributed by atoms with van der Waals surface area (Å²) >= 11 is 0. The lowest BCUT2D eigenvalue weighted by atomic mass is 10.2. The second-order valence-electron chi connectivity index (χ2n) is 4.99. The number of hydrogen-bond donors (Lipinski definition) is 2. The summed E-state index contributed by atoms with van der Waals surface area (Å²) in [6, 6.07) is 7.98. The molecule has 0 bridgehead atoms. The summed E-state index contributed by atoms with van der Waals surface area (Å²) in [5.74, 6) is 5.74. The molecular weight excluding hydrogens is 266 g/mol. The molecule has 0 fully saturated rings. The van der Waals surface area contributed by atoms with Crippen molar-refractivity contribution in [3.8, 4) is 0 Å². The Bertz CT molecular complexity index is 715. The molecule has 7 nitrogen and oxygen atoms in total. The summed E-state index contributed by atoms with van der Waals surface area (Å²) in [5, 5.41) is 8.11. The smallest absolute Gasteiger partial charge is 0.0958 e. The number of nitrogens with zero attached hydrogens (tertiary/aromatic N) is 5. The predicted molar refractivity (Wildman–Crippen MR) is 80.1 cm³/mol. The van der Waals surface area contributed by atoms with E-state index in [1.54, 1.807) is 6.20 Å². The molecule has 3 N–H and O–H groups in total. The molecule has 1 atom stereocenters. The van der Waals surface area contributed by atoms with Crippen LogP contribution in [0.25, 0.3) is 11.0 Å². The third-order valence-corrected chi connectivity index (χ3v) is 3.55. The summed E-state index contributed by atoms with van der Waals surface area (Å²) in [7, 11) is 0. The van der Waals surface area contributed by atoms with E-state index in [2.05, 4.69) is 38.3 Å². The zero-order valence-corrected chi connectivity index (χ0v) is 12.0. The van der Waals surface area contributed by atoms with Gasteiger partial charge in [-0.2, -0.15) is 0 Å². The van der Waals surface area contributed by atoms with E-state index in [-0.39, 0.29) is 6.04 Å². The summed E-state index contributed by atoms with van der Waals surface area (Å²) in [4.78, 5) is 4.40. The molecule has 0 saturated heterocycles. The van der Waals surface area contributed by atoms with E-state index in [1.807, 2.05) is 29.2 Å². The Morgan fingerprint density at radius 1 is 1.33 bits per heavy atom. The third-order valence-electron chi connectivity index (χ3n) is 3.55. The lowest BCUT2D eigenvalue weighted by molar-refractivity contribution is 0.433. The van der Waals surface area contributed by atoms with Gasteiger partial charge in [0.05, 0.1) is 35.3 Å². The largest absolute Gasteiger partial charge is 0.329 e. The Kier molecular flexibility index (Phi) is 3.94. The number of aromatic nitrogens is 5. The van der Waals surface area contributed by atoms with Crippen LogP contribution in [0.15, 0.2) is 36.8 Å². The van der Waals surface area contributed by atoms with E-state index in [0.717, 1.165) is 29.7 Å². The average molecular weight is 285 g/mol. The van der Waals surface area contributed by atoms with Crippen LogP contribution in [-0.4, -0.2) is 24.5 Å². The summed E-state index contributed by atoms with van der Waals surface area (Å²) < 4.78 is 3.98. The van der Waals surface area contributed by atoms with Gasteiger partial charge in [-0.15, -0.1) is 5.10 Å². The molecule has 0 aliphatic rings. The normalized spacial score (nSPS) is 12.9. The minimum atomic E-state index is -0.0656. The summed E-state index contributed by atoms with van der Waals surface area (Å²) in [6.45, 7) is 3.62. The highest BCUT2D eigenvalue weighted by Gasteiger charge is 2.17. The number of fused-ring (bicyclic) bond motifs is 1. The van der Waals surface area contributed by atoms with Crippen LogP contribution in [0.1, 0.15) is 25.1 Å². The van der Waals surface area contributed by atoms with Crippen LogP contribution in [0.4, 0.5) is 0 Å². The van der Waals surface area contributed by atoms with Gasteiger partial charge in [-0.05, 0) is 18.6 Å². The molecule has 110 valence electrons. The minimum absolute atomic E-state index is 0.0656. The third kappa shape index (κ3) is 2.65. The van der Waals surface area contributed by atoms with Crippen LogP contribution < -0.4 is 11.3 Å². The molecule has 1 unspecified atom stereocenters. The molecule has 3 rings (SSSR count). The van der Waals surface area contributed by atoms with Gasteiger partial charge >= 0.3 is 0 Å². The average Bonchev–Trinajstić information content (AvgIpc) is 3.12. The second kappa shape index (κ2) is 6.02. The van der Waals surface area contributed by atoms with E-state index in [1.165, 1.54) is 0 Å². The highest BCUT2D eigenvalue weighted by Crippen LogP contribution is 2.18. The molecule has 2 aromatic heterocycles. The topological polar surface area (TPSA) is 86.6 Å². The van der Waals surface area contributed by atoms with Crippen LogP contribution in [0, 0.1) is 0 Å². The summed E-state index contributed by atoms with van der Waals surface area (Å²) in [5.41, 5.74) is 5.91. The number of hydrogen-bond acceptors (Lipinski definition) is 5. The maximum Gasteiger partial charge on any atom is 0.0958 e. The standard InChI is InChI=1S/C14H19N7/c1-2-7-21-14(8-17-19-21)12(18-15)9-20-10-16-11-5-3-4-6-13(11)20/h3-6,8,10,12,18H,2,7,9,15H2,1H3. The van der Waals surface area contributed by atoms with Gasteiger partial charge in [-0.1, -0.05) is 24.3 Å². The number of rotatable bonds is 6. The van der Waals surface area contributed by atoms with Gasteiger partial charge in [0, 0.05) is 13.1 Å². The number of benzene rings is 1. The minimum Gasteiger partial charge on any atom is -0.329 e. The van der Waals surface area contributed by atoms with Gasteiger partial charge < -0.3 is 4.57 Å². The highest BCUT2D eigenvalue weighted by molar-refractivity contribution is 5.74. The molecule has 0 amide bonds. The Labute approximate surface area is 122 Å².